The van der Waals surface area contributed by atoms with Gasteiger partial charge < -0.3 is 5.32 Å². The monoisotopic (exact) mass is 285 g/mol. The lowest BCUT2D eigenvalue weighted by Gasteiger charge is -2.09. The highest BCUT2D eigenvalue weighted by Crippen LogP contribution is 2.28. The minimum absolute atomic E-state index is 0.177. The third-order valence-electron chi connectivity index (χ3n) is 2.27. The Morgan fingerprint density at radius 1 is 1.28 bits per heavy atom. The summed E-state index contributed by atoms with van der Waals surface area (Å²) < 4.78 is 13.6. The van der Waals surface area contributed by atoms with Gasteiger partial charge in [-0.2, -0.15) is 0 Å². The number of hydrogen-bond donors (Lipinski definition) is 1. The predicted octanol–water partition coefficient (Wildman–Crippen LogP) is 4.23. The smallest absolute Gasteiger partial charge is 0.148 e. The first kappa shape index (κ1) is 13.1. The Hall–Kier alpha value is -1.39. The summed E-state index contributed by atoms with van der Waals surface area (Å²) >= 11 is 11.8. The lowest BCUT2D eigenvalue weighted by atomic mass is 10.3. The van der Waals surface area contributed by atoms with Crippen LogP contribution in [0.5, 0.6) is 0 Å². The summed E-state index contributed by atoms with van der Waals surface area (Å²) in [5.41, 5.74) is 0.177. The summed E-state index contributed by atoms with van der Waals surface area (Å²) in [6.07, 6.45) is 0.639. The van der Waals surface area contributed by atoms with E-state index in [1.807, 2.05) is 6.92 Å². The zero-order valence-corrected chi connectivity index (χ0v) is 11.1. The van der Waals surface area contributed by atoms with Crippen LogP contribution < -0.4 is 5.32 Å². The molecule has 2 aromatic rings. The van der Waals surface area contributed by atoms with E-state index in [1.54, 1.807) is 6.07 Å². The number of benzene rings is 1. The summed E-state index contributed by atoms with van der Waals surface area (Å²) in [6, 6.07) is 5.96. The van der Waals surface area contributed by atoms with Crippen LogP contribution in [0, 0.1) is 5.82 Å². The Labute approximate surface area is 114 Å². The van der Waals surface area contributed by atoms with Crippen molar-refractivity contribution in [3.8, 4) is 0 Å². The molecule has 3 nitrogen and oxygen atoms in total. The normalized spacial score (nSPS) is 10.4. The van der Waals surface area contributed by atoms with E-state index in [2.05, 4.69) is 15.3 Å². The molecule has 1 aromatic carbocycles. The first-order valence-electron chi connectivity index (χ1n) is 5.34. The minimum Gasteiger partial charge on any atom is -0.336 e. The first-order chi connectivity index (χ1) is 8.60. The van der Waals surface area contributed by atoms with E-state index in [1.165, 1.54) is 18.2 Å². The van der Waals surface area contributed by atoms with Crippen LogP contribution in [0.3, 0.4) is 0 Å². The van der Waals surface area contributed by atoms with Gasteiger partial charge in [0, 0.05) is 12.5 Å². The molecule has 0 aliphatic rings. The molecule has 0 bridgehead atoms. The van der Waals surface area contributed by atoms with Gasteiger partial charge in [0.15, 0.2) is 0 Å². The maximum absolute atomic E-state index is 13.6. The topological polar surface area (TPSA) is 37.8 Å². The quantitative estimate of drug-likeness (QED) is 0.858. The highest BCUT2D eigenvalue weighted by atomic mass is 35.5. The molecule has 0 spiro atoms. The van der Waals surface area contributed by atoms with Crippen LogP contribution in [0.15, 0.2) is 24.3 Å². The van der Waals surface area contributed by atoms with E-state index in [0.29, 0.717) is 23.2 Å². The predicted molar refractivity (Wildman–Crippen MR) is 71.1 cm³/mol. The van der Waals surface area contributed by atoms with Gasteiger partial charge in [-0.05, 0) is 12.1 Å². The van der Waals surface area contributed by atoms with Crippen molar-refractivity contribution >= 4 is 34.7 Å². The van der Waals surface area contributed by atoms with Gasteiger partial charge in [-0.3, -0.25) is 0 Å². The Kier molecular flexibility index (Phi) is 3.99. The van der Waals surface area contributed by atoms with E-state index in [0.717, 1.165) is 0 Å². The number of nitrogens with one attached hydrogen (secondary N) is 1. The number of aryl methyl sites for hydroxylation is 1. The van der Waals surface area contributed by atoms with Crippen molar-refractivity contribution in [3.05, 3.63) is 46.1 Å². The third-order valence-corrected chi connectivity index (χ3v) is 2.78. The van der Waals surface area contributed by atoms with Crippen LogP contribution in [0.1, 0.15) is 12.7 Å². The summed E-state index contributed by atoms with van der Waals surface area (Å²) in [6.45, 7) is 1.91. The number of para-hydroxylation sites is 1. The molecule has 0 atom stereocenters. The van der Waals surface area contributed by atoms with Crippen LogP contribution >= 0.6 is 23.2 Å². The van der Waals surface area contributed by atoms with Gasteiger partial charge in [-0.25, -0.2) is 14.4 Å². The molecule has 0 fully saturated rings. The Morgan fingerprint density at radius 2 is 2.06 bits per heavy atom. The summed E-state index contributed by atoms with van der Waals surface area (Å²) in [4.78, 5) is 8.22. The summed E-state index contributed by atoms with van der Waals surface area (Å²) in [5.74, 6) is 0.548. The van der Waals surface area contributed by atoms with Crippen molar-refractivity contribution in [1.29, 1.82) is 0 Å². The van der Waals surface area contributed by atoms with Crippen molar-refractivity contribution in [2.75, 3.05) is 5.32 Å². The molecule has 0 saturated heterocycles. The summed E-state index contributed by atoms with van der Waals surface area (Å²) in [5, 5.41) is 3.40. The molecule has 18 heavy (non-hydrogen) atoms. The van der Waals surface area contributed by atoms with Crippen LogP contribution in [-0.2, 0) is 6.42 Å². The minimum atomic E-state index is -0.449. The number of nitrogens with zero attached hydrogens (tertiary/aromatic N) is 2. The number of rotatable bonds is 3. The summed E-state index contributed by atoms with van der Waals surface area (Å²) in [7, 11) is 0. The maximum Gasteiger partial charge on any atom is 0.148 e. The average molecular weight is 286 g/mol. The van der Waals surface area contributed by atoms with Crippen molar-refractivity contribution in [1.82, 2.24) is 9.97 Å². The van der Waals surface area contributed by atoms with Crippen molar-refractivity contribution < 1.29 is 4.39 Å². The molecular formula is C12H10Cl2FN3. The second-order valence-corrected chi connectivity index (χ2v) is 4.36. The lowest BCUT2D eigenvalue weighted by molar-refractivity contribution is 0.632. The van der Waals surface area contributed by atoms with Crippen LogP contribution in [0.2, 0.25) is 10.2 Å². The fourth-order valence-corrected chi connectivity index (χ4v) is 1.84. The van der Waals surface area contributed by atoms with Gasteiger partial charge in [-0.1, -0.05) is 36.2 Å². The van der Waals surface area contributed by atoms with Gasteiger partial charge >= 0.3 is 0 Å². The van der Waals surface area contributed by atoms with Gasteiger partial charge in [0.05, 0.1) is 10.7 Å². The molecule has 1 N–H and O–H groups in total. The van der Waals surface area contributed by atoms with E-state index >= 15 is 0 Å². The average Bonchev–Trinajstić information content (AvgIpc) is 2.33. The fourth-order valence-electron chi connectivity index (χ4n) is 1.43. The number of aromatic nitrogens is 2. The molecule has 1 heterocycles. The van der Waals surface area contributed by atoms with E-state index in [-0.39, 0.29) is 10.7 Å². The van der Waals surface area contributed by atoms with Gasteiger partial charge in [0.1, 0.15) is 22.6 Å². The number of halogens is 3. The molecule has 0 unspecified atom stereocenters. The van der Waals surface area contributed by atoms with E-state index < -0.39 is 5.82 Å². The molecule has 0 saturated carbocycles. The van der Waals surface area contributed by atoms with Gasteiger partial charge in [0.2, 0.25) is 0 Å². The van der Waals surface area contributed by atoms with E-state index in [4.69, 9.17) is 23.2 Å². The zero-order chi connectivity index (χ0) is 13.1. The van der Waals surface area contributed by atoms with Gasteiger partial charge in [-0.15, -0.1) is 0 Å². The zero-order valence-electron chi connectivity index (χ0n) is 9.54. The lowest BCUT2D eigenvalue weighted by Crippen LogP contribution is -2.01. The van der Waals surface area contributed by atoms with Crippen LogP contribution in [-0.4, -0.2) is 9.97 Å². The molecule has 2 rings (SSSR count). The van der Waals surface area contributed by atoms with Crippen LogP contribution in [0.25, 0.3) is 0 Å². The highest BCUT2D eigenvalue weighted by Gasteiger charge is 2.09. The SMILES string of the molecule is CCc1nc(Cl)cc(Nc2c(F)cccc2Cl)n1. The Morgan fingerprint density at radius 3 is 2.72 bits per heavy atom. The number of hydrogen-bond acceptors (Lipinski definition) is 3. The first-order valence-corrected chi connectivity index (χ1v) is 6.10. The molecule has 0 aliphatic carbocycles. The molecule has 1 aromatic heterocycles. The number of anilines is 2. The van der Waals surface area contributed by atoms with Crippen molar-refractivity contribution in [2.45, 2.75) is 13.3 Å². The Balaban J connectivity index is 2.37. The van der Waals surface area contributed by atoms with E-state index in [9.17, 15) is 4.39 Å². The van der Waals surface area contributed by atoms with Crippen LogP contribution in [0.4, 0.5) is 15.9 Å². The van der Waals surface area contributed by atoms with Crippen molar-refractivity contribution in [3.63, 3.8) is 0 Å². The van der Waals surface area contributed by atoms with Gasteiger partial charge in [0.25, 0.3) is 0 Å². The molecule has 0 aliphatic heterocycles. The molecule has 6 heteroatoms. The molecule has 0 radical (unpaired) electrons. The standard InChI is InChI=1S/C12H10Cl2FN3/c1-2-10-16-9(14)6-11(17-10)18-12-7(13)4-3-5-8(12)15/h3-6H,2H2,1H3,(H,16,17,18). The Bertz CT molecular complexity index is 555. The fraction of sp³-hybridized carbons (Fsp3) is 0.167. The second-order valence-electron chi connectivity index (χ2n) is 3.57. The van der Waals surface area contributed by atoms with Crippen molar-refractivity contribution in [2.24, 2.45) is 0 Å². The molecular weight excluding hydrogens is 276 g/mol. The molecule has 0 amide bonds. The maximum atomic E-state index is 13.6. The largest absolute Gasteiger partial charge is 0.336 e. The highest BCUT2D eigenvalue weighted by molar-refractivity contribution is 6.33. The molecule has 94 valence electrons. The third kappa shape index (κ3) is 2.89. The second kappa shape index (κ2) is 5.50.